The number of nitrogens with zero attached hydrogens (tertiary/aromatic N) is 5. The van der Waals surface area contributed by atoms with Crippen molar-refractivity contribution in [1.29, 1.82) is 0 Å². The smallest absolute Gasteiger partial charge is 0.417 e. The highest BCUT2D eigenvalue weighted by atomic mass is 35.5. The van der Waals surface area contributed by atoms with E-state index in [0.717, 1.165) is 17.5 Å². The molecule has 0 spiro atoms. The molecule has 5 rings (SSSR count). The molecule has 1 fully saturated rings. The van der Waals surface area contributed by atoms with Gasteiger partial charge in [0.15, 0.2) is 5.75 Å². The normalized spacial score (nSPS) is 13.4. The molecule has 4 aromatic rings. The minimum atomic E-state index is -4.50. The standard InChI is InChI=1S/C20H21N5O4.C8H7ClF3NO/c1-13(26)24-8-10-25(11-9-24)20-21-7-6-17(22-20)29-16-5-3-4-14-12-15(19(27)28)23(2)18(14)16;1-14-7-3-5(9)4(2-6(7)13)8(10,11)12/h3-7,12H,8-11H2,1-2H3,(H,27,28);2-3H,13H2,1H3. The highest BCUT2D eigenvalue weighted by Crippen LogP contribution is 2.39. The second-order valence-electron chi connectivity index (χ2n) is 9.45. The molecular weight excluding hydrogens is 593 g/mol. The SMILES string of the molecule is CC(=O)N1CCN(c2nccc(Oc3cccc4cc(C(=O)O)n(C)c34)n2)CC1.COc1cc(Cl)c(C(F)(F)F)cc1N. The summed E-state index contributed by atoms with van der Waals surface area (Å²) in [5.41, 5.74) is 5.12. The number of piperazine rings is 1. The molecule has 1 saturated heterocycles. The van der Waals surface area contributed by atoms with E-state index in [1.807, 2.05) is 17.0 Å². The molecule has 228 valence electrons. The number of benzene rings is 2. The van der Waals surface area contributed by atoms with Crippen molar-refractivity contribution < 1.29 is 37.3 Å². The molecule has 0 unspecified atom stereocenters. The number of amides is 1. The van der Waals surface area contributed by atoms with Crippen molar-refractivity contribution >= 4 is 46.0 Å². The zero-order chi connectivity index (χ0) is 31.5. The predicted molar refractivity (Wildman–Crippen MR) is 154 cm³/mol. The summed E-state index contributed by atoms with van der Waals surface area (Å²) in [7, 11) is 2.99. The minimum Gasteiger partial charge on any atom is -0.495 e. The molecule has 3 heterocycles. The number of nitrogens with two attached hydrogens (primary N) is 1. The number of aromatic carboxylic acids is 1. The van der Waals surface area contributed by atoms with Crippen LogP contribution in [0.3, 0.4) is 0 Å². The summed E-state index contributed by atoms with van der Waals surface area (Å²) >= 11 is 5.41. The van der Waals surface area contributed by atoms with Gasteiger partial charge in [0.2, 0.25) is 17.7 Å². The number of methoxy groups -OCH3 is 1. The van der Waals surface area contributed by atoms with E-state index in [9.17, 15) is 27.9 Å². The van der Waals surface area contributed by atoms with Gasteiger partial charge in [-0.15, -0.1) is 0 Å². The third kappa shape index (κ3) is 7.02. The van der Waals surface area contributed by atoms with Crippen LogP contribution in [0.15, 0.2) is 48.7 Å². The average Bonchev–Trinajstić information content (AvgIpc) is 3.31. The molecule has 0 bridgehead atoms. The van der Waals surface area contributed by atoms with Crippen LogP contribution in [0, 0.1) is 0 Å². The Morgan fingerprint density at radius 3 is 2.37 bits per heavy atom. The summed E-state index contributed by atoms with van der Waals surface area (Å²) < 4.78 is 49.2. The molecule has 1 aliphatic rings. The lowest BCUT2D eigenvalue weighted by atomic mass is 10.2. The van der Waals surface area contributed by atoms with Gasteiger partial charge in [0.25, 0.3) is 0 Å². The fraction of sp³-hybridized carbons (Fsp3) is 0.286. The van der Waals surface area contributed by atoms with Gasteiger partial charge in [-0.1, -0.05) is 23.7 Å². The van der Waals surface area contributed by atoms with E-state index in [2.05, 4.69) is 9.97 Å². The first-order valence-corrected chi connectivity index (χ1v) is 13.2. The second-order valence-corrected chi connectivity index (χ2v) is 9.86. The maximum absolute atomic E-state index is 12.3. The molecule has 0 saturated carbocycles. The summed E-state index contributed by atoms with van der Waals surface area (Å²) in [5, 5.41) is 9.72. The van der Waals surface area contributed by atoms with Crippen LogP contribution in [0.4, 0.5) is 24.8 Å². The Morgan fingerprint density at radius 2 is 1.77 bits per heavy atom. The van der Waals surface area contributed by atoms with Crippen LogP contribution in [0.1, 0.15) is 23.0 Å². The number of rotatable bonds is 5. The van der Waals surface area contributed by atoms with Crippen molar-refractivity contribution in [2.45, 2.75) is 13.1 Å². The van der Waals surface area contributed by atoms with Gasteiger partial charge < -0.3 is 34.7 Å². The molecule has 3 N–H and O–H groups in total. The van der Waals surface area contributed by atoms with Gasteiger partial charge in [-0.3, -0.25) is 4.79 Å². The Labute approximate surface area is 249 Å². The zero-order valence-electron chi connectivity index (χ0n) is 23.4. The fourth-order valence-corrected chi connectivity index (χ4v) is 4.77. The highest BCUT2D eigenvalue weighted by molar-refractivity contribution is 6.31. The van der Waals surface area contributed by atoms with Crippen LogP contribution in [-0.2, 0) is 18.0 Å². The number of anilines is 2. The van der Waals surface area contributed by atoms with Crippen LogP contribution in [-0.4, -0.2) is 69.7 Å². The van der Waals surface area contributed by atoms with E-state index < -0.39 is 22.7 Å². The van der Waals surface area contributed by atoms with Crippen LogP contribution in [0.5, 0.6) is 17.4 Å². The number of aromatic nitrogens is 3. The first kappa shape index (κ1) is 31.2. The Kier molecular flexibility index (Phi) is 9.19. The van der Waals surface area contributed by atoms with E-state index in [-0.39, 0.29) is 23.0 Å². The van der Waals surface area contributed by atoms with Crippen molar-refractivity contribution in [2.75, 3.05) is 43.9 Å². The summed E-state index contributed by atoms with van der Waals surface area (Å²) in [5.74, 6) is 0.625. The van der Waals surface area contributed by atoms with Gasteiger partial charge in [-0.05, 0) is 18.2 Å². The maximum Gasteiger partial charge on any atom is 0.417 e. The van der Waals surface area contributed by atoms with Gasteiger partial charge >= 0.3 is 12.1 Å². The molecular formula is C28H28ClF3N6O5. The van der Waals surface area contributed by atoms with Gasteiger partial charge in [0.1, 0.15) is 11.4 Å². The summed E-state index contributed by atoms with van der Waals surface area (Å²) in [6.07, 6.45) is -2.87. The fourth-order valence-electron chi connectivity index (χ4n) is 4.51. The third-order valence-electron chi connectivity index (χ3n) is 6.70. The number of halogens is 4. The lowest BCUT2D eigenvalue weighted by molar-refractivity contribution is -0.137. The quantitative estimate of drug-likeness (QED) is 0.293. The molecule has 2 aromatic heterocycles. The molecule has 15 heteroatoms. The molecule has 1 aliphatic heterocycles. The number of alkyl halides is 3. The van der Waals surface area contributed by atoms with Crippen molar-refractivity contribution in [3.63, 3.8) is 0 Å². The Hall–Kier alpha value is -4.72. The number of para-hydroxylation sites is 1. The number of hydrogen-bond donors (Lipinski definition) is 2. The Balaban J connectivity index is 0.000000255. The predicted octanol–water partition coefficient (Wildman–Crippen LogP) is 5.08. The highest BCUT2D eigenvalue weighted by Gasteiger charge is 2.34. The summed E-state index contributed by atoms with van der Waals surface area (Å²) in [6, 6.07) is 10.5. The van der Waals surface area contributed by atoms with Crippen LogP contribution < -0.4 is 20.1 Å². The number of carbonyl (C=O) groups excluding carboxylic acids is 1. The first-order valence-electron chi connectivity index (χ1n) is 12.8. The van der Waals surface area contributed by atoms with E-state index in [4.69, 9.17) is 26.8 Å². The number of carboxylic acid groups (broad SMARTS) is 1. The average molecular weight is 621 g/mol. The number of hydrogen-bond acceptors (Lipinski definition) is 8. The van der Waals surface area contributed by atoms with Gasteiger partial charge in [-0.2, -0.15) is 18.2 Å². The van der Waals surface area contributed by atoms with Gasteiger partial charge in [0.05, 0.1) is 28.9 Å². The largest absolute Gasteiger partial charge is 0.495 e. The van der Waals surface area contributed by atoms with Crippen LogP contribution in [0.2, 0.25) is 5.02 Å². The van der Waals surface area contributed by atoms with Crippen molar-refractivity contribution in [3.8, 4) is 17.4 Å². The number of fused-ring (bicyclic) bond motifs is 1. The number of carboxylic acids is 1. The third-order valence-corrected chi connectivity index (χ3v) is 7.02. The number of ether oxygens (including phenoxy) is 2. The zero-order valence-corrected chi connectivity index (χ0v) is 24.1. The number of carbonyl (C=O) groups is 2. The molecule has 43 heavy (non-hydrogen) atoms. The Bertz CT molecular complexity index is 1650. The van der Waals surface area contributed by atoms with Crippen molar-refractivity contribution in [2.24, 2.45) is 7.05 Å². The monoisotopic (exact) mass is 620 g/mol. The lowest BCUT2D eigenvalue weighted by Gasteiger charge is -2.34. The number of aryl methyl sites for hydroxylation is 1. The first-order chi connectivity index (χ1) is 20.3. The van der Waals surface area contributed by atoms with Crippen molar-refractivity contribution in [3.05, 3.63) is 64.9 Å². The van der Waals surface area contributed by atoms with Gasteiger partial charge in [-0.25, -0.2) is 9.78 Å². The molecule has 0 radical (unpaired) electrons. The molecule has 0 aliphatic carbocycles. The maximum atomic E-state index is 12.3. The van der Waals surface area contributed by atoms with E-state index in [1.54, 1.807) is 47.8 Å². The molecule has 2 aromatic carbocycles. The Morgan fingerprint density at radius 1 is 1.07 bits per heavy atom. The van der Waals surface area contributed by atoms with Gasteiger partial charge in [0, 0.05) is 63.9 Å². The van der Waals surface area contributed by atoms with E-state index in [1.165, 1.54) is 7.11 Å². The topological polar surface area (TPSA) is 136 Å². The number of nitrogen functional groups attached to an aromatic ring is 1. The van der Waals surface area contributed by atoms with Crippen LogP contribution >= 0.6 is 11.6 Å². The molecule has 11 nitrogen and oxygen atoms in total. The second kappa shape index (κ2) is 12.7. The molecule has 0 atom stereocenters. The lowest BCUT2D eigenvalue weighted by Crippen LogP contribution is -2.48. The summed E-state index contributed by atoms with van der Waals surface area (Å²) in [6.45, 7) is 4.13. The van der Waals surface area contributed by atoms with E-state index >= 15 is 0 Å². The molecule has 1 amide bonds. The summed E-state index contributed by atoms with van der Waals surface area (Å²) in [4.78, 5) is 35.6. The van der Waals surface area contributed by atoms with Crippen molar-refractivity contribution in [1.82, 2.24) is 19.4 Å². The minimum absolute atomic E-state index is 0.0686. The van der Waals surface area contributed by atoms with Crippen LogP contribution in [0.25, 0.3) is 10.9 Å². The van der Waals surface area contributed by atoms with E-state index in [0.29, 0.717) is 49.3 Å².